The molecule has 0 amide bonds. The van der Waals surface area contributed by atoms with Gasteiger partial charge in [-0.05, 0) is 59.7 Å². The number of aliphatic imine (C=N–C) groups is 2. The Hall–Kier alpha value is -7.70. The summed E-state index contributed by atoms with van der Waals surface area (Å²) in [5, 5.41) is 10.6. The van der Waals surface area contributed by atoms with Crippen molar-refractivity contribution in [2.75, 3.05) is 0 Å². The van der Waals surface area contributed by atoms with Crippen LogP contribution in [-0.4, -0.2) is 20.8 Å². The number of amidine groups is 2. The molecule has 0 spiro atoms. The Morgan fingerprint density at radius 3 is 1.81 bits per heavy atom. The van der Waals surface area contributed by atoms with Gasteiger partial charge in [-0.1, -0.05) is 133 Å². The Balaban J connectivity index is 1.03. The number of benzene rings is 8. The van der Waals surface area contributed by atoms with E-state index in [1.807, 2.05) is 18.2 Å². The van der Waals surface area contributed by atoms with Gasteiger partial charge >= 0.3 is 0 Å². The Labute approximate surface area is 327 Å². The summed E-state index contributed by atoms with van der Waals surface area (Å²) in [5.74, 6) is 1.37. The maximum atomic E-state index is 6.89. The van der Waals surface area contributed by atoms with Crippen molar-refractivity contribution < 1.29 is 4.42 Å². The molecule has 0 aliphatic carbocycles. The number of furan rings is 1. The highest BCUT2D eigenvalue weighted by Crippen LogP contribution is 2.39. The molecular formula is C51H33N5O. The van der Waals surface area contributed by atoms with Crippen LogP contribution in [0.5, 0.6) is 0 Å². The van der Waals surface area contributed by atoms with Gasteiger partial charge in [0.05, 0.1) is 27.6 Å². The minimum absolute atomic E-state index is 0.457. The lowest BCUT2D eigenvalue weighted by Crippen LogP contribution is -2.36. The van der Waals surface area contributed by atoms with E-state index in [1.54, 1.807) is 0 Å². The number of para-hydroxylation sites is 4. The van der Waals surface area contributed by atoms with Crippen LogP contribution in [-0.2, 0) is 0 Å². The zero-order valence-electron chi connectivity index (χ0n) is 30.7. The van der Waals surface area contributed by atoms with Crippen molar-refractivity contribution >= 4 is 77.2 Å². The van der Waals surface area contributed by atoms with E-state index in [2.05, 4.69) is 184 Å². The van der Waals surface area contributed by atoms with Crippen LogP contribution in [0.15, 0.2) is 202 Å². The summed E-state index contributed by atoms with van der Waals surface area (Å²) >= 11 is 0. The molecule has 57 heavy (non-hydrogen) atoms. The first kappa shape index (κ1) is 31.6. The van der Waals surface area contributed by atoms with Gasteiger partial charge < -0.3 is 18.9 Å². The lowest BCUT2D eigenvalue weighted by Gasteiger charge is -2.25. The fourth-order valence-electron chi connectivity index (χ4n) is 8.81. The lowest BCUT2D eigenvalue weighted by molar-refractivity contribution is 0.515. The van der Waals surface area contributed by atoms with E-state index >= 15 is 0 Å². The molecule has 0 radical (unpaired) electrons. The molecule has 0 saturated heterocycles. The highest BCUT2D eigenvalue weighted by Gasteiger charge is 2.26. The number of nitrogens with zero attached hydrogens (tertiary/aromatic N) is 4. The molecule has 1 aliphatic heterocycles. The van der Waals surface area contributed by atoms with Crippen molar-refractivity contribution in [2.24, 2.45) is 9.98 Å². The van der Waals surface area contributed by atoms with Gasteiger partial charge in [-0.3, -0.25) is 0 Å². The van der Waals surface area contributed by atoms with Crippen molar-refractivity contribution in [1.82, 2.24) is 14.5 Å². The average molecular weight is 732 g/mol. The van der Waals surface area contributed by atoms with E-state index < -0.39 is 6.29 Å². The summed E-state index contributed by atoms with van der Waals surface area (Å²) in [7, 11) is 0. The minimum Gasteiger partial charge on any atom is -0.455 e. The Kier molecular flexibility index (Phi) is 6.89. The highest BCUT2D eigenvalue weighted by molar-refractivity contribution is 6.20. The molecule has 3 aromatic heterocycles. The molecule has 11 aromatic rings. The Bertz CT molecular complexity index is 3390. The summed E-state index contributed by atoms with van der Waals surface area (Å²) < 4.78 is 11.5. The molecule has 6 nitrogen and oxygen atoms in total. The smallest absolute Gasteiger partial charge is 0.204 e. The van der Waals surface area contributed by atoms with Crippen molar-refractivity contribution in [2.45, 2.75) is 6.29 Å². The predicted octanol–water partition coefficient (Wildman–Crippen LogP) is 12.4. The van der Waals surface area contributed by atoms with Gasteiger partial charge in [-0.2, -0.15) is 0 Å². The van der Waals surface area contributed by atoms with Gasteiger partial charge in [-0.25, -0.2) is 9.98 Å². The largest absolute Gasteiger partial charge is 0.455 e. The van der Waals surface area contributed by atoms with E-state index in [4.69, 9.17) is 14.4 Å². The second-order valence-corrected chi connectivity index (χ2v) is 14.6. The zero-order valence-corrected chi connectivity index (χ0v) is 30.7. The maximum Gasteiger partial charge on any atom is 0.204 e. The van der Waals surface area contributed by atoms with E-state index in [0.29, 0.717) is 5.84 Å². The summed E-state index contributed by atoms with van der Waals surface area (Å²) in [6, 6.07) is 66.1. The van der Waals surface area contributed by atoms with Crippen LogP contribution in [0, 0.1) is 0 Å². The molecule has 1 N–H and O–H groups in total. The van der Waals surface area contributed by atoms with Crippen LogP contribution in [0.3, 0.4) is 0 Å². The maximum absolute atomic E-state index is 6.89. The number of fused-ring (bicyclic) bond motifs is 9. The SMILES string of the molecule is c1ccc(C2=NC(c3cccc4c3oc3cc(-n5c6ccccc6c6cc(-c7ccccc7)ccc65)ccc34)=NC(n3c4ccccc4c4ccccc43)N2)cc1. The number of aromatic nitrogens is 2. The lowest BCUT2D eigenvalue weighted by atomic mass is 10.0. The molecule has 0 saturated carbocycles. The number of hydrogen-bond donors (Lipinski definition) is 1. The molecule has 268 valence electrons. The second-order valence-electron chi connectivity index (χ2n) is 14.6. The molecule has 6 heteroatoms. The third-order valence-corrected chi connectivity index (χ3v) is 11.4. The molecule has 1 unspecified atom stereocenters. The summed E-state index contributed by atoms with van der Waals surface area (Å²) in [6.45, 7) is 0. The molecule has 0 bridgehead atoms. The van der Waals surface area contributed by atoms with Crippen LogP contribution in [0.2, 0.25) is 0 Å². The van der Waals surface area contributed by atoms with Crippen molar-refractivity contribution in [3.63, 3.8) is 0 Å². The first-order valence-corrected chi connectivity index (χ1v) is 19.3. The number of rotatable bonds is 5. The quantitative estimate of drug-likeness (QED) is 0.192. The fourth-order valence-corrected chi connectivity index (χ4v) is 8.81. The monoisotopic (exact) mass is 731 g/mol. The van der Waals surface area contributed by atoms with Crippen LogP contribution in [0.4, 0.5) is 0 Å². The third kappa shape index (κ3) is 4.90. The van der Waals surface area contributed by atoms with Gasteiger partial charge in [0.25, 0.3) is 0 Å². The van der Waals surface area contributed by atoms with Crippen molar-refractivity contribution in [1.29, 1.82) is 0 Å². The van der Waals surface area contributed by atoms with Crippen LogP contribution in [0.1, 0.15) is 17.4 Å². The number of nitrogens with one attached hydrogen (secondary N) is 1. The van der Waals surface area contributed by atoms with Gasteiger partial charge in [0, 0.05) is 49.6 Å². The Morgan fingerprint density at radius 2 is 1.07 bits per heavy atom. The molecule has 1 aliphatic rings. The van der Waals surface area contributed by atoms with Crippen LogP contribution < -0.4 is 5.32 Å². The summed E-state index contributed by atoms with van der Waals surface area (Å²) in [4.78, 5) is 10.6. The van der Waals surface area contributed by atoms with Gasteiger partial charge in [0.1, 0.15) is 17.0 Å². The van der Waals surface area contributed by atoms with Crippen LogP contribution >= 0.6 is 0 Å². The second kappa shape index (κ2) is 12.4. The predicted molar refractivity (Wildman–Crippen MR) is 235 cm³/mol. The topological polar surface area (TPSA) is 59.8 Å². The van der Waals surface area contributed by atoms with E-state index in [1.165, 1.54) is 32.7 Å². The summed E-state index contributed by atoms with van der Waals surface area (Å²) in [6.07, 6.45) is -0.457. The van der Waals surface area contributed by atoms with E-state index in [-0.39, 0.29) is 0 Å². The van der Waals surface area contributed by atoms with E-state index in [9.17, 15) is 0 Å². The van der Waals surface area contributed by atoms with Gasteiger partial charge in [0.15, 0.2) is 5.84 Å². The first-order chi connectivity index (χ1) is 28.3. The molecular weight excluding hydrogens is 699 g/mol. The molecule has 4 heterocycles. The zero-order chi connectivity index (χ0) is 37.5. The minimum atomic E-state index is -0.457. The number of hydrogen-bond acceptors (Lipinski definition) is 4. The van der Waals surface area contributed by atoms with Crippen molar-refractivity contribution in [3.8, 4) is 16.8 Å². The average Bonchev–Trinajstić information content (AvgIpc) is 3.94. The fraction of sp³-hybridized carbons (Fsp3) is 0.0196. The molecule has 12 rings (SSSR count). The normalized spacial score (nSPS) is 14.5. The Morgan fingerprint density at radius 1 is 0.456 bits per heavy atom. The first-order valence-electron chi connectivity index (χ1n) is 19.3. The van der Waals surface area contributed by atoms with E-state index in [0.717, 1.165) is 66.7 Å². The van der Waals surface area contributed by atoms with Crippen LogP contribution in [0.25, 0.3) is 82.4 Å². The van der Waals surface area contributed by atoms with Gasteiger partial charge in [-0.15, -0.1) is 0 Å². The van der Waals surface area contributed by atoms with Gasteiger partial charge in [0.2, 0.25) is 6.29 Å². The molecule has 1 atom stereocenters. The molecule has 8 aromatic carbocycles. The highest BCUT2D eigenvalue weighted by atomic mass is 16.3. The standard InChI is InChI=1S/C51H33N5O/c1-3-14-32(15-4-1)34-26-29-46-42(30-34)38-20-9-10-23-43(38)55(46)35-27-28-39-40-21-13-22-41(48(40)57-47(39)31-35)50-52-49(33-16-5-2-6-17-33)53-51(54-50)56-44-24-11-7-18-36(44)37-19-8-12-25-45(37)56/h1-31,51H,(H,52,53,54). The third-order valence-electron chi connectivity index (χ3n) is 11.4. The summed E-state index contributed by atoms with van der Waals surface area (Å²) in [5.41, 5.74) is 11.3. The molecule has 0 fully saturated rings. The van der Waals surface area contributed by atoms with Crippen molar-refractivity contribution in [3.05, 3.63) is 199 Å².